The van der Waals surface area contributed by atoms with Crippen molar-refractivity contribution in [3.63, 3.8) is 0 Å². The summed E-state index contributed by atoms with van der Waals surface area (Å²) in [5.74, 6) is 0.139. The van der Waals surface area contributed by atoms with Crippen LogP contribution in [0.25, 0.3) is 0 Å². The van der Waals surface area contributed by atoms with E-state index >= 15 is 0 Å². The van der Waals surface area contributed by atoms with Crippen molar-refractivity contribution in [3.8, 4) is 0 Å². The molecule has 0 amide bonds. The van der Waals surface area contributed by atoms with Crippen LogP contribution in [0.4, 0.5) is 0 Å². The SMILES string of the molecule is C=CC(=O)OCCSc1ccccc1C(=O)c1ccccc1. The molecule has 0 saturated carbocycles. The van der Waals surface area contributed by atoms with Crippen LogP contribution in [0.5, 0.6) is 0 Å². The fourth-order valence-corrected chi connectivity index (χ4v) is 2.76. The molecule has 0 unspecified atom stereocenters. The highest BCUT2D eigenvalue weighted by molar-refractivity contribution is 7.99. The standard InChI is InChI=1S/C18H16O3S/c1-2-17(19)21-12-13-22-16-11-7-6-10-15(16)18(20)14-8-4-3-5-9-14/h2-11H,1,12-13H2. The third-order valence-electron chi connectivity index (χ3n) is 2.92. The molecule has 0 heterocycles. The molecule has 0 aliphatic carbocycles. The van der Waals surface area contributed by atoms with E-state index in [1.165, 1.54) is 11.8 Å². The van der Waals surface area contributed by atoms with Crippen molar-refractivity contribution in [1.29, 1.82) is 0 Å². The third kappa shape index (κ3) is 4.33. The molecule has 0 spiro atoms. The molecule has 0 fully saturated rings. The maximum atomic E-state index is 12.5. The molecule has 0 bridgehead atoms. The molecular formula is C18H16O3S. The lowest BCUT2D eigenvalue weighted by atomic mass is 10.0. The molecule has 0 saturated heterocycles. The molecule has 4 heteroatoms. The Balaban J connectivity index is 2.05. The largest absolute Gasteiger partial charge is 0.462 e. The van der Waals surface area contributed by atoms with Gasteiger partial charge in [0.1, 0.15) is 6.61 Å². The Morgan fingerprint density at radius 2 is 1.73 bits per heavy atom. The summed E-state index contributed by atoms with van der Waals surface area (Å²) in [6.07, 6.45) is 1.14. The molecule has 2 aromatic rings. The summed E-state index contributed by atoms with van der Waals surface area (Å²) < 4.78 is 4.94. The van der Waals surface area contributed by atoms with Crippen molar-refractivity contribution in [2.75, 3.05) is 12.4 Å². The number of hydrogen-bond acceptors (Lipinski definition) is 4. The number of carbonyl (C=O) groups is 2. The highest BCUT2D eigenvalue weighted by Crippen LogP contribution is 2.24. The van der Waals surface area contributed by atoms with Crippen LogP contribution in [0.2, 0.25) is 0 Å². The van der Waals surface area contributed by atoms with Crippen LogP contribution in [0, 0.1) is 0 Å². The maximum Gasteiger partial charge on any atom is 0.330 e. The third-order valence-corrected chi connectivity index (χ3v) is 3.96. The van der Waals surface area contributed by atoms with Crippen molar-refractivity contribution < 1.29 is 14.3 Å². The van der Waals surface area contributed by atoms with E-state index in [4.69, 9.17) is 4.74 Å². The zero-order chi connectivity index (χ0) is 15.8. The molecule has 0 atom stereocenters. The Morgan fingerprint density at radius 3 is 2.45 bits per heavy atom. The minimum Gasteiger partial charge on any atom is -0.462 e. The highest BCUT2D eigenvalue weighted by Gasteiger charge is 2.13. The van der Waals surface area contributed by atoms with Gasteiger partial charge in [0.05, 0.1) is 0 Å². The number of ketones is 1. The number of thioether (sulfide) groups is 1. The summed E-state index contributed by atoms with van der Waals surface area (Å²) in [4.78, 5) is 24.4. The first-order valence-electron chi connectivity index (χ1n) is 6.83. The zero-order valence-corrected chi connectivity index (χ0v) is 12.8. The summed E-state index contributed by atoms with van der Waals surface area (Å²) in [6, 6.07) is 16.6. The van der Waals surface area contributed by atoms with E-state index in [0.29, 0.717) is 16.9 Å². The average Bonchev–Trinajstić information content (AvgIpc) is 2.59. The van der Waals surface area contributed by atoms with Gasteiger partial charge in [-0.25, -0.2) is 4.79 Å². The van der Waals surface area contributed by atoms with Gasteiger partial charge in [-0.05, 0) is 12.1 Å². The Kier molecular flexibility index (Phi) is 5.98. The van der Waals surface area contributed by atoms with Crippen molar-refractivity contribution in [3.05, 3.63) is 78.4 Å². The molecule has 2 rings (SSSR count). The van der Waals surface area contributed by atoms with Crippen LogP contribution in [-0.4, -0.2) is 24.1 Å². The van der Waals surface area contributed by atoms with E-state index in [1.807, 2.05) is 42.5 Å². The Labute approximate surface area is 134 Å². The molecule has 3 nitrogen and oxygen atoms in total. The lowest BCUT2D eigenvalue weighted by molar-refractivity contribution is -0.137. The summed E-state index contributed by atoms with van der Waals surface area (Å²) >= 11 is 1.49. The van der Waals surface area contributed by atoms with Crippen LogP contribution >= 0.6 is 11.8 Å². The second-order valence-electron chi connectivity index (χ2n) is 4.41. The van der Waals surface area contributed by atoms with Gasteiger partial charge < -0.3 is 4.74 Å². The molecule has 0 aliphatic heterocycles. The van der Waals surface area contributed by atoms with Crippen molar-refractivity contribution in [1.82, 2.24) is 0 Å². The Bertz CT molecular complexity index is 665. The van der Waals surface area contributed by atoms with E-state index in [-0.39, 0.29) is 12.4 Å². The number of carbonyl (C=O) groups excluding carboxylic acids is 2. The molecule has 112 valence electrons. The quantitative estimate of drug-likeness (QED) is 0.257. The number of ether oxygens (including phenoxy) is 1. The first-order valence-corrected chi connectivity index (χ1v) is 7.81. The molecule has 0 aliphatic rings. The number of rotatable bonds is 7. The number of esters is 1. The van der Waals surface area contributed by atoms with Gasteiger partial charge in [0.25, 0.3) is 0 Å². The van der Waals surface area contributed by atoms with Gasteiger partial charge in [-0.2, -0.15) is 0 Å². The Morgan fingerprint density at radius 1 is 1.05 bits per heavy atom. The minimum absolute atomic E-state index is 0.00761. The Hall–Kier alpha value is -2.33. The van der Waals surface area contributed by atoms with Crippen LogP contribution in [-0.2, 0) is 9.53 Å². The smallest absolute Gasteiger partial charge is 0.330 e. The predicted octanol–water partition coefficient (Wildman–Crippen LogP) is 3.74. The van der Waals surface area contributed by atoms with E-state index in [9.17, 15) is 9.59 Å². The summed E-state index contributed by atoms with van der Waals surface area (Å²) in [7, 11) is 0. The predicted molar refractivity (Wildman–Crippen MR) is 88.2 cm³/mol. The monoisotopic (exact) mass is 312 g/mol. The summed E-state index contributed by atoms with van der Waals surface area (Å²) in [6.45, 7) is 3.62. The van der Waals surface area contributed by atoms with Gasteiger partial charge in [-0.1, -0.05) is 49.0 Å². The highest BCUT2D eigenvalue weighted by atomic mass is 32.2. The fourth-order valence-electron chi connectivity index (χ4n) is 1.88. The molecule has 0 aromatic heterocycles. The topological polar surface area (TPSA) is 43.4 Å². The minimum atomic E-state index is -0.436. The fraction of sp³-hybridized carbons (Fsp3) is 0.111. The number of hydrogen-bond donors (Lipinski definition) is 0. The van der Waals surface area contributed by atoms with Gasteiger partial charge in [0.2, 0.25) is 0 Å². The molecular weight excluding hydrogens is 296 g/mol. The molecule has 0 radical (unpaired) electrons. The zero-order valence-electron chi connectivity index (χ0n) is 12.0. The van der Waals surface area contributed by atoms with Crippen LogP contribution in [0.3, 0.4) is 0 Å². The van der Waals surface area contributed by atoms with Crippen molar-refractivity contribution >= 4 is 23.5 Å². The van der Waals surface area contributed by atoms with Crippen molar-refractivity contribution in [2.45, 2.75) is 4.90 Å². The molecule has 22 heavy (non-hydrogen) atoms. The molecule has 2 aromatic carbocycles. The average molecular weight is 312 g/mol. The van der Waals surface area contributed by atoms with Gasteiger partial charge in [-0.15, -0.1) is 11.8 Å². The molecule has 0 N–H and O–H groups in total. The van der Waals surface area contributed by atoms with Crippen LogP contribution in [0.15, 0.2) is 72.1 Å². The lowest BCUT2D eigenvalue weighted by Gasteiger charge is -2.08. The van der Waals surface area contributed by atoms with E-state index in [0.717, 1.165) is 11.0 Å². The summed E-state index contributed by atoms with van der Waals surface area (Å²) in [5, 5.41) is 0. The maximum absolute atomic E-state index is 12.5. The van der Waals surface area contributed by atoms with E-state index < -0.39 is 5.97 Å². The lowest BCUT2D eigenvalue weighted by Crippen LogP contribution is -2.05. The van der Waals surface area contributed by atoms with Gasteiger partial charge >= 0.3 is 5.97 Å². The second-order valence-corrected chi connectivity index (χ2v) is 5.55. The number of benzene rings is 2. The van der Waals surface area contributed by atoms with Crippen LogP contribution < -0.4 is 0 Å². The first kappa shape index (κ1) is 16.0. The van der Waals surface area contributed by atoms with E-state index in [2.05, 4.69) is 6.58 Å². The second kappa shape index (κ2) is 8.20. The van der Waals surface area contributed by atoms with Gasteiger partial charge in [-0.3, -0.25) is 4.79 Å². The van der Waals surface area contributed by atoms with Gasteiger partial charge in [0, 0.05) is 27.9 Å². The van der Waals surface area contributed by atoms with E-state index in [1.54, 1.807) is 12.1 Å². The normalized spacial score (nSPS) is 10.0. The summed E-state index contributed by atoms with van der Waals surface area (Å²) in [5.41, 5.74) is 1.32. The first-order chi connectivity index (χ1) is 10.7. The van der Waals surface area contributed by atoms with Crippen molar-refractivity contribution in [2.24, 2.45) is 0 Å². The van der Waals surface area contributed by atoms with Gasteiger partial charge in [0.15, 0.2) is 5.78 Å². The van der Waals surface area contributed by atoms with Crippen LogP contribution in [0.1, 0.15) is 15.9 Å².